The topological polar surface area (TPSA) is 75.7 Å². The van der Waals surface area contributed by atoms with Gasteiger partial charge in [0.15, 0.2) is 6.29 Å². The summed E-state index contributed by atoms with van der Waals surface area (Å²) in [5.41, 5.74) is 2.17. The van der Waals surface area contributed by atoms with Crippen LogP contribution in [0, 0.1) is 12.3 Å². The van der Waals surface area contributed by atoms with Crippen LogP contribution in [0.4, 0.5) is 11.4 Å². The Labute approximate surface area is 156 Å². The number of hydrogen-bond donors (Lipinski definition) is 1. The highest BCUT2D eigenvalue weighted by atomic mass is 16.5. The lowest BCUT2D eigenvalue weighted by molar-refractivity contribution is -0.123. The van der Waals surface area contributed by atoms with E-state index in [0.717, 1.165) is 10.6 Å². The van der Waals surface area contributed by atoms with Crippen LogP contribution in [0.3, 0.4) is 0 Å². The minimum atomic E-state index is -0.464. The molecule has 1 aliphatic rings. The number of para-hydroxylation sites is 2. The number of ether oxygens (including phenoxy) is 1. The van der Waals surface area contributed by atoms with Gasteiger partial charge in [-0.1, -0.05) is 24.1 Å². The number of imide groups is 1. The number of amides is 2. The molecule has 0 bridgehead atoms. The summed E-state index contributed by atoms with van der Waals surface area (Å²) in [4.78, 5) is 37.1. The highest BCUT2D eigenvalue weighted by Crippen LogP contribution is 2.29. The number of aldehydes is 1. The predicted octanol–water partition coefficient (Wildman–Crippen LogP) is 2.51. The largest absolute Gasteiger partial charge is 0.480 e. The second-order valence-electron chi connectivity index (χ2n) is 5.68. The molecule has 134 valence electrons. The number of terminal acetylenes is 1. The molecule has 2 aromatic rings. The summed E-state index contributed by atoms with van der Waals surface area (Å²) in [6.45, 7) is 0.103. The van der Waals surface area contributed by atoms with Gasteiger partial charge >= 0.3 is 0 Å². The van der Waals surface area contributed by atoms with Gasteiger partial charge in [0, 0.05) is 6.08 Å². The Kier molecular flexibility index (Phi) is 5.33. The van der Waals surface area contributed by atoms with Crippen LogP contribution in [0.15, 0.2) is 48.5 Å². The van der Waals surface area contributed by atoms with Gasteiger partial charge in [0.25, 0.3) is 11.8 Å². The molecule has 0 aliphatic carbocycles. The molecule has 0 radical (unpaired) electrons. The molecule has 0 atom stereocenters. The van der Waals surface area contributed by atoms with Gasteiger partial charge < -0.3 is 10.1 Å². The molecule has 27 heavy (non-hydrogen) atoms. The molecule has 0 aromatic heterocycles. The van der Waals surface area contributed by atoms with E-state index in [2.05, 4.69) is 11.2 Å². The van der Waals surface area contributed by atoms with Crippen molar-refractivity contribution >= 4 is 35.6 Å². The summed E-state index contributed by atoms with van der Waals surface area (Å²) in [5.74, 6) is 1.90. The van der Waals surface area contributed by atoms with Crippen LogP contribution in [0.25, 0.3) is 6.08 Å². The summed E-state index contributed by atoms with van der Waals surface area (Å²) < 4.78 is 5.29. The molecule has 6 heteroatoms. The van der Waals surface area contributed by atoms with Gasteiger partial charge in [-0.2, -0.15) is 0 Å². The SMILES string of the molecule is C#CCOc1ccc(/C=C/C(=O)N2C(=O)CNc3ccccc32)cc1C=O. The van der Waals surface area contributed by atoms with Gasteiger partial charge in [0.1, 0.15) is 12.4 Å². The number of carbonyl (C=O) groups is 3. The third-order valence-electron chi connectivity index (χ3n) is 3.93. The van der Waals surface area contributed by atoms with Crippen molar-refractivity contribution < 1.29 is 19.1 Å². The molecule has 3 rings (SSSR count). The predicted molar refractivity (Wildman–Crippen MR) is 103 cm³/mol. The van der Waals surface area contributed by atoms with E-state index in [1.807, 2.05) is 6.07 Å². The molecule has 0 saturated heterocycles. The van der Waals surface area contributed by atoms with Crippen LogP contribution in [-0.4, -0.2) is 31.3 Å². The number of carbonyl (C=O) groups excluding carboxylic acids is 3. The summed E-state index contributed by atoms with van der Waals surface area (Å²) in [6.07, 6.45) is 8.64. The van der Waals surface area contributed by atoms with Crippen LogP contribution >= 0.6 is 0 Å². The quantitative estimate of drug-likeness (QED) is 0.504. The summed E-state index contributed by atoms with van der Waals surface area (Å²) >= 11 is 0. The van der Waals surface area contributed by atoms with Gasteiger partial charge in [-0.3, -0.25) is 14.4 Å². The Hall–Kier alpha value is -3.85. The first-order chi connectivity index (χ1) is 13.1. The number of hydrogen-bond acceptors (Lipinski definition) is 5. The number of rotatable bonds is 5. The third kappa shape index (κ3) is 3.88. The molecule has 0 saturated carbocycles. The zero-order valence-corrected chi connectivity index (χ0v) is 14.3. The Morgan fingerprint density at radius 1 is 1.30 bits per heavy atom. The summed E-state index contributed by atoms with van der Waals surface area (Å²) in [7, 11) is 0. The van der Waals surface area contributed by atoms with Gasteiger partial charge in [0.05, 0.1) is 23.5 Å². The highest BCUT2D eigenvalue weighted by molar-refractivity contribution is 6.23. The first kappa shape index (κ1) is 18.0. The second kappa shape index (κ2) is 8.02. The zero-order valence-electron chi connectivity index (χ0n) is 14.3. The zero-order chi connectivity index (χ0) is 19.2. The van der Waals surface area contributed by atoms with E-state index in [4.69, 9.17) is 11.2 Å². The maximum atomic E-state index is 12.6. The Morgan fingerprint density at radius 3 is 2.89 bits per heavy atom. The van der Waals surface area contributed by atoms with Gasteiger partial charge in [-0.15, -0.1) is 6.42 Å². The molecule has 2 amide bonds. The number of fused-ring (bicyclic) bond motifs is 1. The molecule has 1 aliphatic heterocycles. The Morgan fingerprint density at radius 2 is 2.11 bits per heavy atom. The van der Waals surface area contributed by atoms with Crippen molar-refractivity contribution in [1.82, 2.24) is 0 Å². The molecule has 1 N–H and O–H groups in total. The smallest absolute Gasteiger partial charge is 0.257 e. The molecular weight excluding hydrogens is 344 g/mol. The molecular formula is C21H16N2O4. The maximum Gasteiger partial charge on any atom is 0.257 e. The average Bonchev–Trinajstić information content (AvgIpc) is 2.70. The second-order valence-corrected chi connectivity index (χ2v) is 5.68. The molecule has 0 fully saturated rings. The fourth-order valence-electron chi connectivity index (χ4n) is 2.70. The fraction of sp³-hybridized carbons (Fsp3) is 0.0952. The van der Waals surface area contributed by atoms with Crippen LogP contribution in [0.1, 0.15) is 15.9 Å². The average molecular weight is 360 g/mol. The molecule has 6 nitrogen and oxygen atoms in total. The van der Waals surface area contributed by atoms with E-state index in [-0.39, 0.29) is 19.1 Å². The number of benzene rings is 2. The highest BCUT2D eigenvalue weighted by Gasteiger charge is 2.27. The monoisotopic (exact) mass is 360 g/mol. The minimum absolute atomic E-state index is 0.0487. The molecule has 2 aromatic carbocycles. The minimum Gasteiger partial charge on any atom is -0.480 e. The van der Waals surface area contributed by atoms with Crippen molar-refractivity contribution in [1.29, 1.82) is 0 Å². The van der Waals surface area contributed by atoms with Gasteiger partial charge in [0.2, 0.25) is 0 Å². The van der Waals surface area contributed by atoms with Crippen molar-refractivity contribution in [2.75, 3.05) is 23.4 Å². The fourth-order valence-corrected chi connectivity index (χ4v) is 2.70. The normalized spacial score (nSPS) is 12.9. The van der Waals surface area contributed by atoms with E-state index >= 15 is 0 Å². The maximum absolute atomic E-state index is 12.6. The van der Waals surface area contributed by atoms with Crippen LogP contribution in [0.2, 0.25) is 0 Å². The standard InChI is InChI=1S/C21H16N2O4/c1-2-11-27-19-9-7-15(12-16(19)14-24)8-10-20(25)23-18-6-4-3-5-17(18)22-13-21(23)26/h1,3-10,12,14,22H,11,13H2/b10-8+. The number of nitrogens with one attached hydrogen (secondary N) is 1. The van der Waals surface area contributed by atoms with E-state index in [9.17, 15) is 14.4 Å². The first-order valence-electron chi connectivity index (χ1n) is 8.17. The van der Waals surface area contributed by atoms with Gasteiger partial charge in [-0.25, -0.2) is 4.90 Å². The number of nitrogens with zero attached hydrogens (tertiary/aromatic N) is 1. The van der Waals surface area contributed by atoms with Crippen molar-refractivity contribution in [3.05, 3.63) is 59.7 Å². The van der Waals surface area contributed by atoms with Crippen LogP contribution in [0.5, 0.6) is 5.75 Å². The van der Waals surface area contributed by atoms with Crippen molar-refractivity contribution in [3.8, 4) is 18.1 Å². The molecule has 1 heterocycles. The van der Waals surface area contributed by atoms with Crippen molar-refractivity contribution in [2.45, 2.75) is 0 Å². The first-order valence-corrected chi connectivity index (χ1v) is 8.17. The summed E-state index contributed by atoms with van der Waals surface area (Å²) in [5, 5.41) is 2.97. The van der Waals surface area contributed by atoms with Crippen molar-refractivity contribution in [3.63, 3.8) is 0 Å². The number of anilines is 2. The van der Waals surface area contributed by atoms with Crippen LogP contribution < -0.4 is 15.0 Å². The lowest BCUT2D eigenvalue weighted by atomic mass is 10.1. The van der Waals surface area contributed by atoms with E-state index in [0.29, 0.717) is 28.8 Å². The van der Waals surface area contributed by atoms with E-state index in [1.54, 1.807) is 36.4 Å². The Balaban J connectivity index is 1.82. The molecule has 0 spiro atoms. The third-order valence-corrected chi connectivity index (χ3v) is 3.93. The lowest BCUT2D eigenvalue weighted by Crippen LogP contribution is -2.43. The summed E-state index contributed by atoms with van der Waals surface area (Å²) in [6, 6.07) is 12.0. The molecule has 0 unspecified atom stereocenters. The van der Waals surface area contributed by atoms with Gasteiger partial charge in [-0.05, 0) is 35.9 Å². The van der Waals surface area contributed by atoms with E-state index in [1.165, 1.54) is 12.2 Å². The Bertz CT molecular complexity index is 972. The van der Waals surface area contributed by atoms with E-state index < -0.39 is 5.91 Å². The van der Waals surface area contributed by atoms with Crippen LogP contribution in [-0.2, 0) is 9.59 Å². The lowest BCUT2D eigenvalue weighted by Gasteiger charge is -2.27. The van der Waals surface area contributed by atoms with Crippen molar-refractivity contribution in [2.24, 2.45) is 0 Å².